The number of benzene rings is 1. The van der Waals surface area contributed by atoms with Gasteiger partial charge in [-0.1, -0.05) is 49.1 Å². The number of carboxylic acid groups (broad SMARTS) is 1. The molecular formula is C13H14O2S2. The Balaban J connectivity index is 2.23. The zero-order chi connectivity index (χ0) is 12.7. The Labute approximate surface area is 111 Å². The molecule has 0 radical (unpaired) electrons. The lowest BCUT2D eigenvalue weighted by Gasteiger charge is -2.03. The van der Waals surface area contributed by atoms with Crippen LogP contribution < -0.4 is 0 Å². The first-order valence-corrected chi connectivity index (χ1v) is 6.74. The molecule has 0 bridgehead atoms. The van der Waals surface area contributed by atoms with Crippen LogP contribution in [0.5, 0.6) is 0 Å². The van der Waals surface area contributed by atoms with Gasteiger partial charge in [0.1, 0.15) is 0 Å². The number of hydrogen-bond donors (Lipinski definition) is 1. The maximum absolute atomic E-state index is 10.6. The number of carbonyl (C=O) groups is 1. The number of hydrogen-bond acceptors (Lipinski definition) is 3. The first-order chi connectivity index (χ1) is 8.11. The van der Waals surface area contributed by atoms with Gasteiger partial charge in [0.25, 0.3) is 0 Å². The lowest BCUT2D eigenvalue weighted by molar-refractivity contribution is -0.132. The van der Waals surface area contributed by atoms with Crippen LogP contribution in [0.4, 0.5) is 0 Å². The zero-order valence-electron chi connectivity index (χ0n) is 9.39. The summed E-state index contributed by atoms with van der Waals surface area (Å²) in [4.78, 5) is 11.0. The van der Waals surface area contributed by atoms with Crippen molar-refractivity contribution in [3.63, 3.8) is 0 Å². The molecule has 1 N–H and O–H groups in total. The van der Waals surface area contributed by atoms with Crippen LogP contribution in [0.25, 0.3) is 0 Å². The van der Waals surface area contributed by atoms with Gasteiger partial charge in [0.2, 0.25) is 0 Å². The van der Waals surface area contributed by atoms with Crippen molar-refractivity contribution >= 4 is 34.8 Å². The van der Waals surface area contributed by atoms with Crippen LogP contribution in [0.2, 0.25) is 0 Å². The third kappa shape index (κ3) is 5.15. The quantitative estimate of drug-likeness (QED) is 0.467. The Morgan fingerprint density at radius 2 is 2.00 bits per heavy atom. The minimum atomic E-state index is -1.02. The van der Waals surface area contributed by atoms with E-state index in [0.717, 1.165) is 11.5 Å². The van der Waals surface area contributed by atoms with Gasteiger partial charge in [0.15, 0.2) is 0 Å². The van der Waals surface area contributed by atoms with E-state index in [9.17, 15) is 4.79 Å². The molecule has 1 aromatic carbocycles. The Morgan fingerprint density at radius 3 is 2.59 bits per heavy atom. The molecule has 0 aliphatic carbocycles. The summed E-state index contributed by atoms with van der Waals surface area (Å²) in [6.45, 7) is 3.44. The highest BCUT2D eigenvalue weighted by Crippen LogP contribution is 2.14. The molecule has 90 valence electrons. The summed E-state index contributed by atoms with van der Waals surface area (Å²) in [6.07, 6.45) is 0.595. The van der Waals surface area contributed by atoms with Gasteiger partial charge in [-0.2, -0.15) is 11.8 Å². The normalized spacial score (nSPS) is 9.88. The largest absolute Gasteiger partial charge is 0.478 e. The van der Waals surface area contributed by atoms with Crippen molar-refractivity contribution < 1.29 is 9.90 Å². The summed E-state index contributed by atoms with van der Waals surface area (Å²) in [5.41, 5.74) is 1.31. The molecule has 0 fully saturated rings. The standard InChI is InChI=1S/C13H14O2S2/c1-10(13(14)15)12(16)7-8-17-9-11-5-3-2-4-6-11/h2-6H,1,7-9H2,(H,14,15). The molecule has 0 aromatic heterocycles. The van der Waals surface area contributed by atoms with Gasteiger partial charge in [-0.25, -0.2) is 4.79 Å². The van der Waals surface area contributed by atoms with Gasteiger partial charge in [-0.15, -0.1) is 0 Å². The third-order valence-electron chi connectivity index (χ3n) is 2.18. The second-order valence-corrected chi connectivity index (χ2v) is 5.09. The molecule has 0 unspecified atom stereocenters. The van der Waals surface area contributed by atoms with E-state index in [4.69, 9.17) is 17.3 Å². The Bertz CT molecular complexity index is 413. The van der Waals surface area contributed by atoms with Crippen LogP contribution >= 0.6 is 24.0 Å². The molecule has 0 atom stereocenters. The van der Waals surface area contributed by atoms with Gasteiger partial charge in [-0.3, -0.25) is 0 Å². The van der Waals surface area contributed by atoms with Crippen molar-refractivity contribution in [1.82, 2.24) is 0 Å². The van der Waals surface area contributed by atoms with Crippen LogP contribution in [0.15, 0.2) is 42.5 Å². The number of rotatable bonds is 7. The molecule has 2 nitrogen and oxygen atoms in total. The molecule has 1 rings (SSSR count). The number of carboxylic acids is 1. The fourth-order valence-corrected chi connectivity index (χ4v) is 2.44. The first-order valence-electron chi connectivity index (χ1n) is 5.18. The summed E-state index contributed by atoms with van der Waals surface area (Å²) in [7, 11) is 0. The van der Waals surface area contributed by atoms with Crippen molar-refractivity contribution in [1.29, 1.82) is 0 Å². The topological polar surface area (TPSA) is 37.3 Å². The molecule has 4 heteroatoms. The second kappa shape index (κ2) is 7.25. The van der Waals surface area contributed by atoms with Crippen molar-refractivity contribution in [2.24, 2.45) is 0 Å². The van der Waals surface area contributed by atoms with Crippen LogP contribution in [0, 0.1) is 0 Å². The van der Waals surface area contributed by atoms with Crippen molar-refractivity contribution in [2.75, 3.05) is 5.75 Å². The average Bonchev–Trinajstić information content (AvgIpc) is 2.34. The zero-order valence-corrected chi connectivity index (χ0v) is 11.0. The molecular weight excluding hydrogens is 252 g/mol. The Morgan fingerprint density at radius 1 is 1.35 bits per heavy atom. The van der Waals surface area contributed by atoms with E-state index >= 15 is 0 Å². The lowest BCUT2D eigenvalue weighted by atomic mass is 10.2. The van der Waals surface area contributed by atoms with Gasteiger partial charge < -0.3 is 5.11 Å². The third-order valence-corrected chi connectivity index (χ3v) is 3.66. The number of thioether (sulfide) groups is 1. The summed E-state index contributed by atoms with van der Waals surface area (Å²) in [5.74, 6) is 0.714. The van der Waals surface area contributed by atoms with Crippen LogP contribution in [-0.2, 0) is 10.5 Å². The van der Waals surface area contributed by atoms with Crippen molar-refractivity contribution in [2.45, 2.75) is 12.2 Å². The lowest BCUT2D eigenvalue weighted by Crippen LogP contribution is -2.09. The highest BCUT2D eigenvalue weighted by Gasteiger charge is 2.09. The van der Waals surface area contributed by atoms with E-state index in [-0.39, 0.29) is 5.57 Å². The van der Waals surface area contributed by atoms with Crippen molar-refractivity contribution in [3.05, 3.63) is 48.0 Å². The summed E-state index contributed by atoms with van der Waals surface area (Å²) in [5, 5.41) is 8.69. The van der Waals surface area contributed by atoms with Crippen LogP contribution in [-0.4, -0.2) is 21.7 Å². The van der Waals surface area contributed by atoms with E-state index in [1.165, 1.54) is 5.56 Å². The smallest absolute Gasteiger partial charge is 0.336 e. The summed E-state index contributed by atoms with van der Waals surface area (Å²) < 4.78 is 0. The monoisotopic (exact) mass is 266 g/mol. The van der Waals surface area contributed by atoms with E-state index in [2.05, 4.69) is 18.7 Å². The van der Waals surface area contributed by atoms with E-state index in [1.54, 1.807) is 11.8 Å². The molecule has 0 heterocycles. The Hall–Kier alpha value is -1.13. The molecule has 0 aliphatic rings. The molecule has 1 aromatic rings. The minimum Gasteiger partial charge on any atom is -0.478 e. The molecule has 0 spiro atoms. The molecule has 17 heavy (non-hydrogen) atoms. The first kappa shape index (κ1) is 13.9. The predicted molar refractivity (Wildman–Crippen MR) is 76.6 cm³/mol. The summed E-state index contributed by atoms with van der Waals surface area (Å²) in [6, 6.07) is 10.1. The molecule has 0 aliphatic heterocycles. The highest BCUT2D eigenvalue weighted by molar-refractivity contribution is 7.98. The predicted octanol–water partition coefficient (Wildman–Crippen LogP) is 3.32. The van der Waals surface area contributed by atoms with Gasteiger partial charge in [0, 0.05) is 10.6 Å². The van der Waals surface area contributed by atoms with E-state index in [1.807, 2.05) is 18.2 Å². The van der Waals surface area contributed by atoms with Gasteiger partial charge in [-0.05, 0) is 17.7 Å². The SMILES string of the molecule is C=C(C(=O)O)C(=S)CCSCc1ccccc1. The maximum Gasteiger partial charge on any atom is 0.336 e. The average molecular weight is 266 g/mol. The molecule has 0 amide bonds. The fourth-order valence-electron chi connectivity index (χ4n) is 1.20. The minimum absolute atomic E-state index is 0.0420. The van der Waals surface area contributed by atoms with Crippen LogP contribution in [0.3, 0.4) is 0 Å². The second-order valence-electron chi connectivity index (χ2n) is 3.50. The molecule has 0 saturated carbocycles. The van der Waals surface area contributed by atoms with Crippen molar-refractivity contribution in [3.8, 4) is 0 Å². The van der Waals surface area contributed by atoms with Crippen LogP contribution in [0.1, 0.15) is 12.0 Å². The van der Waals surface area contributed by atoms with E-state index in [0.29, 0.717) is 11.3 Å². The summed E-state index contributed by atoms with van der Waals surface area (Å²) >= 11 is 6.73. The maximum atomic E-state index is 10.6. The Kier molecular flexibility index (Phi) is 5.94. The molecule has 0 saturated heterocycles. The number of aliphatic carboxylic acids is 1. The number of thiocarbonyl (C=S) groups is 1. The van der Waals surface area contributed by atoms with Gasteiger partial charge >= 0.3 is 5.97 Å². The van der Waals surface area contributed by atoms with Gasteiger partial charge in [0.05, 0.1) is 5.57 Å². The van der Waals surface area contributed by atoms with E-state index < -0.39 is 5.97 Å². The fraction of sp³-hybridized carbons (Fsp3) is 0.231. The highest BCUT2D eigenvalue weighted by atomic mass is 32.2.